The number of nitrogen functional groups attached to an aromatic ring is 2. The third-order valence-electron chi connectivity index (χ3n) is 3.07. The first-order valence-corrected chi connectivity index (χ1v) is 7.84. The normalized spacial score (nSPS) is 11.3. The summed E-state index contributed by atoms with van der Waals surface area (Å²) in [5, 5.41) is 26.6. The fraction of sp³-hybridized carbons (Fsp3) is 0.0769. The maximum Gasteiger partial charge on any atom is 0.263 e. The summed E-state index contributed by atoms with van der Waals surface area (Å²) in [5.41, 5.74) is 14.1. The Morgan fingerprint density at radius 1 is 1.18 bits per heavy atom. The number of hydrogen-bond donors (Lipinski definition) is 3. The number of hydrogen-bond acceptors (Lipinski definition) is 12. The van der Waals surface area contributed by atoms with Gasteiger partial charge in [0.25, 0.3) is 11.7 Å². The Morgan fingerprint density at radius 2 is 1.93 bits per heavy atom. The molecule has 0 aliphatic carbocycles. The van der Waals surface area contributed by atoms with Crippen molar-refractivity contribution < 1.29 is 14.1 Å². The van der Waals surface area contributed by atoms with Crippen LogP contribution in [0.4, 0.5) is 23.3 Å². The van der Waals surface area contributed by atoms with E-state index in [1.54, 1.807) is 24.3 Å². The highest BCUT2D eigenvalue weighted by Gasteiger charge is 2.19. The van der Waals surface area contributed by atoms with E-state index >= 15 is 0 Å². The van der Waals surface area contributed by atoms with Crippen LogP contribution >= 0.6 is 11.6 Å². The number of nitrogens with two attached hydrogens (primary N) is 2. The van der Waals surface area contributed by atoms with Gasteiger partial charge in [0.1, 0.15) is 6.54 Å². The molecule has 0 radical (unpaired) electrons. The fourth-order valence-electron chi connectivity index (χ4n) is 1.80. The van der Waals surface area contributed by atoms with Gasteiger partial charge in [-0.15, -0.1) is 5.11 Å². The van der Waals surface area contributed by atoms with Gasteiger partial charge in [-0.3, -0.25) is 4.79 Å². The SMILES string of the molecule is Nc1nonc1N=NN(CC(=O)NN=Cc1ccccc1Cl)c1nonc1N. The highest BCUT2D eigenvalue weighted by Crippen LogP contribution is 2.21. The molecular formula is C13H12ClN11O3. The molecule has 1 amide bonds. The van der Waals surface area contributed by atoms with E-state index in [1.807, 2.05) is 0 Å². The van der Waals surface area contributed by atoms with Crippen molar-refractivity contribution in [1.82, 2.24) is 26.1 Å². The number of amides is 1. The molecule has 5 N–H and O–H groups in total. The molecule has 3 aromatic rings. The molecule has 144 valence electrons. The maximum absolute atomic E-state index is 12.2. The molecule has 15 heteroatoms. The summed E-state index contributed by atoms with van der Waals surface area (Å²) < 4.78 is 8.91. The van der Waals surface area contributed by atoms with Gasteiger partial charge in [-0.25, -0.2) is 19.7 Å². The maximum atomic E-state index is 12.2. The van der Waals surface area contributed by atoms with E-state index < -0.39 is 5.91 Å². The first kappa shape index (κ1) is 18.7. The minimum Gasteiger partial charge on any atom is -0.378 e. The second-order valence-corrected chi connectivity index (χ2v) is 5.42. The molecule has 3 rings (SSSR count). The van der Waals surface area contributed by atoms with Crippen LogP contribution in [0.25, 0.3) is 0 Å². The Bertz CT molecular complexity index is 1010. The Morgan fingerprint density at radius 3 is 2.61 bits per heavy atom. The van der Waals surface area contributed by atoms with Crippen LogP contribution in [-0.2, 0) is 4.79 Å². The predicted octanol–water partition coefficient (Wildman–Crippen LogP) is 0.926. The van der Waals surface area contributed by atoms with Gasteiger partial charge in [-0.05, 0) is 26.7 Å². The van der Waals surface area contributed by atoms with Gasteiger partial charge in [-0.2, -0.15) is 5.10 Å². The fourth-order valence-corrected chi connectivity index (χ4v) is 1.98. The van der Waals surface area contributed by atoms with Crippen molar-refractivity contribution in [2.75, 3.05) is 23.0 Å². The molecule has 0 bridgehead atoms. The van der Waals surface area contributed by atoms with Crippen molar-refractivity contribution >= 4 is 47.0 Å². The number of carbonyl (C=O) groups excluding carboxylic acids is 1. The smallest absolute Gasteiger partial charge is 0.263 e. The van der Waals surface area contributed by atoms with Crippen molar-refractivity contribution in [2.24, 2.45) is 15.4 Å². The lowest BCUT2D eigenvalue weighted by Gasteiger charge is -2.12. The number of anilines is 3. The standard InChI is InChI=1S/C13H12ClN11O3/c14-8-4-2-1-3-7(8)5-17-18-9(26)6-25(13-11(16)21-28-23-13)24-19-12-10(15)20-27-22-12/h1-5H,6H2,(H2,15,20)(H2,16,21)(H,18,26). The molecule has 0 aliphatic heterocycles. The molecule has 0 atom stereocenters. The first-order valence-electron chi connectivity index (χ1n) is 7.46. The average Bonchev–Trinajstić information content (AvgIpc) is 3.28. The molecule has 14 nitrogen and oxygen atoms in total. The van der Waals surface area contributed by atoms with Crippen LogP contribution in [-0.4, -0.2) is 39.3 Å². The van der Waals surface area contributed by atoms with Crippen molar-refractivity contribution in [2.45, 2.75) is 0 Å². The van der Waals surface area contributed by atoms with Gasteiger partial charge < -0.3 is 11.5 Å². The van der Waals surface area contributed by atoms with Gasteiger partial charge in [-0.1, -0.05) is 35.0 Å². The van der Waals surface area contributed by atoms with E-state index in [0.29, 0.717) is 10.6 Å². The lowest BCUT2D eigenvalue weighted by molar-refractivity contribution is -0.119. The number of benzene rings is 1. The van der Waals surface area contributed by atoms with Crippen molar-refractivity contribution in [3.05, 3.63) is 34.9 Å². The third-order valence-corrected chi connectivity index (χ3v) is 3.42. The van der Waals surface area contributed by atoms with Gasteiger partial charge in [0.2, 0.25) is 17.5 Å². The molecule has 1 aromatic carbocycles. The van der Waals surface area contributed by atoms with E-state index in [-0.39, 0.29) is 29.8 Å². The van der Waals surface area contributed by atoms with Crippen LogP contribution < -0.4 is 21.9 Å². The molecule has 2 aromatic heterocycles. The average molecular weight is 406 g/mol. The summed E-state index contributed by atoms with van der Waals surface area (Å²) in [4.78, 5) is 12.2. The number of carbonyl (C=O) groups is 1. The van der Waals surface area contributed by atoms with Crippen molar-refractivity contribution in [3.8, 4) is 0 Å². The van der Waals surface area contributed by atoms with Crippen molar-refractivity contribution in [1.29, 1.82) is 0 Å². The monoisotopic (exact) mass is 405 g/mol. The van der Waals surface area contributed by atoms with Crippen LogP contribution in [0.2, 0.25) is 5.02 Å². The molecule has 0 unspecified atom stereocenters. The van der Waals surface area contributed by atoms with E-state index in [1.165, 1.54) is 6.21 Å². The van der Waals surface area contributed by atoms with Gasteiger partial charge in [0.05, 0.1) is 6.21 Å². The van der Waals surface area contributed by atoms with Gasteiger partial charge in [0, 0.05) is 10.6 Å². The molecule has 0 fully saturated rings. The number of nitrogens with zero attached hydrogens (tertiary/aromatic N) is 8. The number of rotatable bonds is 7. The van der Waals surface area contributed by atoms with E-state index in [9.17, 15) is 4.79 Å². The van der Waals surface area contributed by atoms with Crippen LogP contribution in [0.15, 0.2) is 49.0 Å². The predicted molar refractivity (Wildman–Crippen MR) is 96.5 cm³/mol. The summed E-state index contributed by atoms with van der Waals surface area (Å²) in [5.74, 6) is -0.932. The number of halogens is 1. The van der Waals surface area contributed by atoms with Crippen LogP contribution in [0, 0.1) is 0 Å². The zero-order valence-corrected chi connectivity index (χ0v) is 14.7. The molecule has 28 heavy (non-hydrogen) atoms. The molecule has 0 spiro atoms. The van der Waals surface area contributed by atoms with Gasteiger partial charge in [0.15, 0.2) is 0 Å². The summed E-state index contributed by atoms with van der Waals surface area (Å²) in [6.07, 6.45) is 1.39. The van der Waals surface area contributed by atoms with E-state index in [4.69, 9.17) is 23.1 Å². The minimum atomic E-state index is -0.573. The second-order valence-electron chi connectivity index (χ2n) is 5.01. The van der Waals surface area contributed by atoms with E-state index in [2.05, 4.69) is 50.7 Å². The topological polar surface area (TPSA) is 199 Å². The molecule has 0 aliphatic rings. The summed E-state index contributed by atoms with van der Waals surface area (Å²) >= 11 is 6.00. The molecule has 0 saturated carbocycles. The highest BCUT2D eigenvalue weighted by molar-refractivity contribution is 6.33. The zero-order chi connectivity index (χ0) is 19.9. The summed E-state index contributed by atoms with van der Waals surface area (Å²) in [6.45, 7) is -0.382. The molecule has 0 saturated heterocycles. The highest BCUT2D eigenvalue weighted by atomic mass is 35.5. The van der Waals surface area contributed by atoms with Crippen LogP contribution in [0.3, 0.4) is 0 Å². The lowest BCUT2D eigenvalue weighted by Crippen LogP contribution is -2.32. The van der Waals surface area contributed by atoms with E-state index in [0.717, 1.165) is 5.01 Å². The Labute approximate surface area is 161 Å². The first-order chi connectivity index (χ1) is 13.5. The Kier molecular flexibility index (Phi) is 5.71. The molecule has 2 heterocycles. The van der Waals surface area contributed by atoms with Gasteiger partial charge >= 0.3 is 0 Å². The quantitative estimate of drug-likeness (QED) is 0.288. The van der Waals surface area contributed by atoms with Crippen molar-refractivity contribution in [3.63, 3.8) is 0 Å². The molecular weight excluding hydrogens is 394 g/mol. The second kappa shape index (κ2) is 8.54. The summed E-state index contributed by atoms with van der Waals surface area (Å²) in [6, 6.07) is 6.98. The lowest BCUT2D eigenvalue weighted by atomic mass is 10.2. The Balaban J connectivity index is 1.69. The number of nitrogens with one attached hydrogen (secondary N) is 1. The Hall–Kier alpha value is -4.07. The number of aromatic nitrogens is 4. The minimum absolute atomic E-state index is 0.0518. The van der Waals surface area contributed by atoms with Crippen LogP contribution in [0.1, 0.15) is 5.56 Å². The summed E-state index contributed by atoms with van der Waals surface area (Å²) in [7, 11) is 0. The number of hydrazone groups is 1. The third kappa shape index (κ3) is 4.55. The zero-order valence-electron chi connectivity index (χ0n) is 13.9. The van der Waals surface area contributed by atoms with Crippen LogP contribution in [0.5, 0.6) is 0 Å². The largest absolute Gasteiger partial charge is 0.378 e.